The number of aryl methyl sites for hydroxylation is 1. The molecule has 0 aliphatic carbocycles. The first-order valence-corrected chi connectivity index (χ1v) is 7.00. The van der Waals surface area contributed by atoms with Gasteiger partial charge in [0.25, 0.3) is 0 Å². The van der Waals surface area contributed by atoms with Crippen LogP contribution in [-0.4, -0.2) is 23.3 Å². The lowest BCUT2D eigenvalue weighted by molar-refractivity contribution is 0.00578. The average molecular weight is 269 g/mol. The summed E-state index contributed by atoms with van der Waals surface area (Å²) in [5.41, 5.74) is 2.54. The van der Waals surface area contributed by atoms with Gasteiger partial charge < -0.3 is 9.31 Å². The van der Waals surface area contributed by atoms with E-state index < -0.39 is 0 Å². The lowest BCUT2D eigenvalue weighted by atomic mass is 9.78. The van der Waals surface area contributed by atoms with Crippen LogP contribution in [0.2, 0.25) is 0 Å². The van der Waals surface area contributed by atoms with E-state index in [-0.39, 0.29) is 18.3 Å². The normalized spacial score (nSPS) is 20.6. The van der Waals surface area contributed by atoms with E-state index in [0.717, 1.165) is 16.4 Å². The van der Waals surface area contributed by atoms with Crippen LogP contribution in [-0.2, 0) is 9.31 Å². The van der Waals surface area contributed by atoms with Gasteiger partial charge in [-0.25, -0.2) is 0 Å². The van der Waals surface area contributed by atoms with E-state index in [4.69, 9.17) is 9.31 Å². The second-order valence-electron chi connectivity index (χ2n) is 6.55. The van der Waals surface area contributed by atoms with E-state index in [0.29, 0.717) is 0 Å². The molecule has 2 aromatic rings. The standard InChI is InChI=1S/C16H20BNO2/c1-11-8-12-6-7-13(9-14(12)18-10-11)17-19-15(2,3)16(4,5)20-17/h6-10H,1-5H3. The van der Waals surface area contributed by atoms with Crippen LogP contribution in [0, 0.1) is 6.92 Å². The molecular weight excluding hydrogens is 249 g/mol. The lowest BCUT2D eigenvalue weighted by Crippen LogP contribution is -2.41. The summed E-state index contributed by atoms with van der Waals surface area (Å²) in [6.07, 6.45) is 1.89. The molecule has 0 atom stereocenters. The van der Waals surface area contributed by atoms with Gasteiger partial charge in [0, 0.05) is 11.6 Å². The summed E-state index contributed by atoms with van der Waals surface area (Å²) in [7, 11) is -0.326. The highest BCUT2D eigenvalue weighted by Crippen LogP contribution is 2.36. The molecule has 4 heteroatoms. The fourth-order valence-corrected chi connectivity index (χ4v) is 2.37. The zero-order valence-corrected chi connectivity index (χ0v) is 12.7. The number of pyridine rings is 1. The number of benzene rings is 1. The van der Waals surface area contributed by atoms with E-state index in [1.165, 1.54) is 5.56 Å². The Bertz CT molecular complexity index is 651. The van der Waals surface area contributed by atoms with Gasteiger partial charge in [0.1, 0.15) is 0 Å². The number of hydrogen-bond donors (Lipinski definition) is 0. The molecule has 20 heavy (non-hydrogen) atoms. The summed E-state index contributed by atoms with van der Waals surface area (Å²) >= 11 is 0. The highest BCUT2D eigenvalue weighted by atomic mass is 16.7. The Morgan fingerprint density at radius 1 is 1.00 bits per heavy atom. The van der Waals surface area contributed by atoms with Crippen molar-refractivity contribution in [3.05, 3.63) is 36.0 Å². The Balaban J connectivity index is 1.98. The first kappa shape index (κ1) is 13.6. The third-order valence-corrected chi connectivity index (χ3v) is 4.37. The Hall–Kier alpha value is -1.39. The van der Waals surface area contributed by atoms with Crippen LogP contribution in [0.15, 0.2) is 30.5 Å². The van der Waals surface area contributed by atoms with Crippen molar-refractivity contribution in [3.63, 3.8) is 0 Å². The lowest BCUT2D eigenvalue weighted by Gasteiger charge is -2.32. The molecule has 0 saturated carbocycles. The van der Waals surface area contributed by atoms with Crippen molar-refractivity contribution in [2.75, 3.05) is 0 Å². The first-order chi connectivity index (χ1) is 9.28. The summed E-state index contributed by atoms with van der Waals surface area (Å²) in [5, 5.41) is 1.14. The van der Waals surface area contributed by atoms with Gasteiger partial charge in [-0.1, -0.05) is 12.1 Å². The maximum absolute atomic E-state index is 6.07. The van der Waals surface area contributed by atoms with Crippen molar-refractivity contribution in [1.82, 2.24) is 4.98 Å². The highest BCUT2D eigenvalue weighted by molar-refractivity contribution is 6.62. The van der Waals surface area contributed by atoms with Gasteiger partial charge in [0.15, 0.2) is 0 Å². The molecule has 0 unspecified atom stereocenters. The molecule has 0 amide bonds. The second kappa shape index (κ2) is 4.30. The summed E-state index contributed by atoms with van der Waals surface area (Å²) in [6, 6.07) is 8.33. The topological polar surface area (TPSA) is 31.4 Å². The highest BCUT2D eigenvalue weighted by Gasteiger charge is 2.51. The van der Waals surface area contributed by atoms with Crippen LogP contribution in [0.3, 0.4) is 0 Å². The number of nitrogens with zero attached hydrogens (tertiary/aromatic N) is 1. The summed E-state index contributed by atoms with van der Waals surface area (Å²) in [5.74, 6) is 0. The van der Waals surface area contributed by atoms with E-state index in [1.54, 1.807) is 0 Å². The molecule has 2 heterocycles. The fraction of sp³-hybridized carbons (Fsp3) is 0.438. The zero-order chi connectivity index (χ0) is 14.5. The van der Waals surface area contributed by atoms with Crippen molar-refractivity contribution in [2.45, 2.75) is 45.8 Å². The molecule has 0 radical (unpaired) electrons. The Morgan fingerprint density at radius 2 is 1.65 bits per heavy atom. The molecule has 1 aliphatic rings. The Morgan fingerprint density at radius 3 is 2.30 bits per heavy atom. The average Bonchev–Trinajstić information content (AvgIpc) is 2.58. The molecule has 3 nitrogen and oxygen atoms in total. The van der Waals surface area contributed by atoms with Crippen LogP contribution >= 0.6 is 0 Å². The van der Waals surface area contributed by atoms with Crippen LogP contribution in [0.1, 0.15) is 33.3 Å². The number of hydrogen-bond acceptors (Lipinski definition) is 3. The van der Waals surface area contributed by atoms with Gasteiger partial charge in [-0.3, -0.25) is 4.98 Å². The minimum absolute atomic E-state index is 0.312. The van der Waals surface area contributed by atoms with Gasteiger partial charge in [0.2, 0.25) is 0 Å². The molecular formula is C16H20BNO2. The minimum Gasteiger partial charge on any atom is -0.399 e. The van der Waals surface area contributed by atoms with Gasteiger partial charge in [-0.2, -0.15) is 0 Å². The first-order valence-electron chi connectivity index (χ1n) is 7.00. The molecule has 0 spiro atoms. The summed E-state index contributed by atoms with van der Waals surface area (Å²) < 4.78 is 12.1. The number of fused-ring (bicyclic) bond motifs is 1. The van der Waals surface area contributed by atoms with Gasteiger partial charge in [-0.05, 0) is 57.8 Å². The molecule has 0 bridgehead atoms. The molecule has 104 valence electrons. The van der Waals surface area contributed by atoms with Crippen molar-refractivity contribution in [1.29, 1.82) is 0 Å². The zero-order valence-electron chi connectivity index (χ0n) is 12.7. The molecule has 1 aliphatic heterocycles. The smallest absolute Gasteiger partial charge is 0.399 e. The maximum Gasteiger partial charge on any atom is 0.494 e. The predicted octanol–water partition coefficient (Wildman–Crippen LogP) is 2.84. The van der Waals surface area contributed by atoms with Crippen LogP contribution in [0.4, 0.5) is 0 Å². The Labute approximate surface area is 120 Å². The maximum atomic E-state index is 6.07. The van der Waals surface area contributed by atoms with Crippen LogP contribution in [0.5, 0.6) is 0 Å². The van der Waals surface area contributed by atoms with Crippen molar-refractivity contribution in [2.24, 2.45) is 0 Å². The number of rotatable bonds is 1. The summed E-state index contributed by atoms with van der Waals surface area (Å²) in [4.78, 5) is 4.47. The number of aromatic nitrogens is 1. The van der Waals surface area contributed by atoms with Gasteiger partial charge >= 0.3 is 7.12 Å². The fourth-order valence-electron chi connectivity index (χ4n) is 2.37. The van der Waals surface area contributed by atoms with Crippen LogP contribution in [0.25, 0.3) is 10.9 Å². The largest absolute Gasteiger partial charge is 0.494 e. The van der Waals surface area contributed by atoms with Gasteiger partial charge in [0.05, 0.1) is 16.7 Å². The van der Waals surface area contributed by atoms with E-state index in [2.05, 4.69) is 63.9 Å². The third kappa shape index (κ3) is 2.13. The predicted molar refractivity (Wildman–Crippen MR) is 82.2 cm³/mol. The molecule has 1 aromatic heterocycles. The van der Waals surface area contributed by atoms with E-state index in [1.807, 2.05) is 6.20 Å². The van der Waals surface area contributed by atoms with Crippen molar-refractivity contribution in [3.8, 4) is 0 Å². The molecule has 1 aromatic carbocycles. The summed E-state index contributed by atoms with van der Waals surface area (Å²) in [6.45, 7) is 10.3. The van der Waals surface area contributed by atoms with Gasteiger partial charge in [-0.15, -0.1) is 0 Å². The minimum atomic E-state index is -0.326. The monoisotopic (exact) mass is 269 g/mol. The quantitative estimate of drug-likeness (QED) is 0.746. The van der Waals surface area contributed by atoms with Crippen LogP contribution < -0.4 is 5.46 Å². The van der Waals surface area contributed by atoms with Crippen molar-refractivity contribution < 1.29 is 9.31 Å². The third-order valence-electron chi connectivity index (χ3n) is 4.37. The van der Waals surface area contributed by atoms with Crippen molar-refractivity contribution >= 4 is 23.5 Å². The molecule has 1 fully saturated rings. The Kier molecular flexibility index (Phi) is 2.92. The molecule has 1 saturated heterocycles. The SMILES string of the molecule is Cc1cnc2cc(B3OC(C)(C)C(C)(C)O3)ccc2c1. The van der Waals surface area contributed by atoms with E-state index >= 15 is 0 Å². The molecule has 3 rings (SSSR count). The second-order valence-corrected chi connectivity index (χ2v) is 6.55. The van der Waals surface area contributed by atoms with E-state index in [9.17, 15) is 0 Å². The molecule has 0 N–H and O–H groups in total.